The number of rotatable bonds is 4. The van der Waals surface area contributed by atoms with Gasteiger partial charge in [0.2, 0.25) is 0 Å². The minimum atomic E-state index is -3.40. The fourth-order valence-corrected chi connectivity index (χ4v) is 4.50. The molecule has 1 heterocycles. The Morgan fingerprint density at radius 1 is 0.900 bits per heavy atom. The molecular formula is C25H21F2N3. The van der Waals surface area contributed by atoms with E-state index >= 15 is 0 Å². The molecule has 4 aromatic rings. The maximum absolute atomic E-state index is 14.7. The van der Waals surface area contributed by atoms with Crippen molar-refractivity contribution in [3.63, 3.8) is 0 Å². The summed E-state index contributed by atoms with van der Waals surface area (Å²) < 4.78 is 31.3. The van der Waals surface area contributed by atoms with Crippen LogP contribution in [0.4, 0.5) is 8.78 Å². The zero-order chi connectivity index (χ0) is 20.9. The second-order valence-corrected chi connectivity index (χ2v) is 7.93. The predicted molar refractivity (Wildman–Crippen MR) is 114 cm³/mol. The highest BCUT2D eigenvalue weighted by Gasteiger charge is 2.55. The Balaban J connectivity index is 1.65. The van der Waals surface area contributed by atoms with Gasteiger partial charge in [0.15, 0.2) is 0 Å². The first kappa shape index (κ1) is 18.7. The van der Waals surface area contributed by atoms with Crippen molar-refractivity contribution in [3.8, 4) is 22.3 Å². The van der Waals surface area contributed by atoms with Gasteiger partial charge in [0.25, 0.3) is 0 Å². The number of halogens is 2. The van der Waals surface area contributed by atoms with Crippen LogP contribution in [0.25, 0.3) is 22.3 Å². The highest BCUT2D eigenvalue weighted by Crippen LogP contribution is 2.56. The van der Waals surface area contributed by atoms with Crippen LogP contribution < -0.4 is 5.73 Å². The number of fused-ring (bicyclic) bond motifs is 3. The van der Waals surface area contributed by atoms with Crippen LogP contribution in [0, 0.1) is 0 Å². The van der Waals surface area contributed by atoms with Gasteiger partial charge < -0.3 is 0 Å². The molecule has 30 heavy (non-hydrogen) atoms. The smallest absolute Gasteiger partial charge is 0.271 e. The largest absolute Gasteiger partial charge is 0.313 e. The van der Waals surface area contributed by atoms with Gasteiger partial charge in [-0.2, -0.15) is 13.9 Å². The van der Waals surface area contributed by atoms with Gasteiger partial charge in [-0.3, -0.25) is 10.4 Å². The van der Waals surface area contributed by atoms with Crippen molar-refractivity contribution >= 4 is 0 Å². The van der Waals surface area contributed by atoms with E-state index in [1.54, 1.807) is 24.4 Å². The third-order valence-electron chi connectivity index (χ3n) is 6.14. The van der Waals surface area contributed by atoms with E-state index in [4.69, 9.17) is 5.73 Å². The first-order valence-electron chi connectivity index (χ1n) is 9.86. The van der Waals surface area contributed by atoms with Gasteiger partial charge in [-0.1, -0.05) is 72.8 Å². The lowest BCUT2D eigenvalue weighted by atomic mass is 9.77. The highest BCUT2D eigenvalue weighted by atomic mass is 19.3. The summed E-state index contributed by atoms with van der Waals surface area (Å²) in [4.78, 5) is 0. The number of hydrogen-bond donors (Lipinski definition) is 1. The van der Waals surface area contributed by atoms with Crippen LogP contribution in [-0.2, 0) is 12.0 Å². The third-order valence-corrected chi connectivity index (χ3v) is 6.14. The molecule has 0 saturated heterocycles. The van der Waals surface area contributed by atoms with E-state index in [-0.39, 0.29) is 0 Å². The number of benzene rings is 3. The minimum Gasteiger partial charge on any atom is -0.271 e. The number of nitrogens with zero attached hydrogens (tertiary/aromatic N) is 2. The summed E-state index contributed by atoms with van der Waals surface area (Å²) in [5.74, 6) is 0. The van der Waals surface area contributed by atoms with E-state index in [2.05, 4.69) is 5.10 Å². The Morgan fingerprint density at radius 3 is 2.33 bits per heavy atom. The van der Waals surface area contributed by atoms with Gasteiger partial charge in [-0.05, 0) is 40.3 Å². The first-order chi connectivity index (χ1) is 14.4. The van der Waals surface area contributed by atoms with E-state index in [0.717, 1.165) is 27.8 Å². The Kier molecular flexibility index (Phi) is 4.12. The minimum absolute atomic E-state index is 0.546. The lowest BCUT2D eigenvalue weighted by Gasteiger charge is -2.33. The molecule has 1 aromatic heterocycles. The normalized spacial score (nSPS) is 17.6. The van der Waals surface area contributed by atoms with Gasteiger partial charge in [0.1, 0.15) is 0 Å². The van der Waals surface area contributed by atoms with Crippen molar-refractivity contribution in [3.05, 3.63) is 102 Å². The molecule has 2 N–H and O–H groups in total. The first-order valence-corrected chi connectivity index (χ1v) is 9.86. The molecule has 0 amide bonds. The fourth-order valence-electron chi connectivity index (χ4n) is 4.50. The van der Waals surface area contributed by atoms with E-state index in [0.29, 0.717) is 17.7 Å². The van der Waals surface area contributed by atoms with Gasteiger partial charge in [0.05, 0.1) is 18.2 Å². The van der Waals surface area contributed by atoms with Crippen molar-refractivity contribution in [1.82, 2.24) is 9.78 Å². The van der Waals surface area contributed by atoms with Crippen molar-refractivity contribution in [2.45, 2.75) is 24.9 Å². The zero-order valence-corrected chi connectivity index (χ0v) is 16.5. The van der Waals surface area contributed by atoms with E-state index in [9.17, 15) is 8.78 Å². The molecule has 1 aliphatic carbocycles. The van der Waals surface area contributed by atoms with Crippen LogP contribution in [-0.4, -0.2) is 15.8 Å². The number of alkyl halides is 2. The van der Waals surface area contributed by atoms with E-state index in [1.807, 2.05) is 65.5 Å². The Morgan fingerprint density at radius 2 is 1.57 bits per heavy atom. The molecule has 5 rings (SSSR count). The van der Waals surface area contributed by atoms with Crippen molar-refractivity contribution in [2.24, 2.45) is 5.73 Å². The molecule has 0 saturated carbocycles. The summed E-state index contributed by atoms with van der Waals surface area (Å²) >= 11 is 0. The van der Waals surface area contributed by atoms with Gasteiger partial charge in [0, 0.05) is 11.8 Å². The van der Waals surface area contributed by atoms with Crippen LogP contribution in [0.5, 0.6) is 0 Å². The molecule has 150 valence electrons. The molecule has 0 fully saturated rings. The highest BCUT2D eigenvalue weighted by molar-refractivity contribution is 5.92. The maximum Gasteiger partial charge on any atom is 0.313 e. The van der Waals surface area contributed by atoms with Crippen LogP contribution in [0.1, 0.15) is 23.6 Å². The number of aromatic nitrogens is 2. The number of nitrogens with two attached hydrogens (primary N) is 1. The molecule has 1 atom stereocenters. The van der Waals surface area contributed by atoms with Crippen molar-refractivity contribution in [1.29, 1.82) is 0 Å². The monoisotopic (exact) mass is 401 g/mol. The predicted octanol–water partition coefficient (Wildman–Crippen LogP) is 5.44. The number of hydrogen-bond acceptors (Lipinski definition) is 2. The molecule has 0 spiro atoms. The molecule has 5 heteroatoms. The molecule has 0 aliphatic heterocycles. The topological polar surface area (TPSA) is 43.8 Å². The zero-order valence-electron chi connectivity index (χ0n) is 16.5. The second-order valence-electron chi connectivity index (χ2n) is 7.93. The lowest BCUT2D eigenvalue weighted by Crippen LogP contribution is -2.49. The van der Waals surface area contributed by atoms with Crippen molar-refractivity contribution < 1.29 is 8.78 Å². The van der Waals surface area contributed by atoms with Gasteiger partial charge in [-0.15, -0.1) is 0 Å². The molecular weight excluding hydrogens is 380 g/mol. The Bertz CT molecular complexity index is 1220. The summed E-state index contributed by atoms with van der Waals surface area (Å²) in [6, 6.07) is 19.5. The van der Waals surface area contributed by atoms with Crippen LogP contribution in [0.2, 0.25) is 0 Å². The fraction of sp³-hybridized carbons (Fsp3) is 0.160. The van der Waals surface area contributed by atoms with Crippen molar-refractivity contribution in [2.75, 3.05) is 0 Å². The van der Waals surface area contributed by atoms with E-state index in [1.165, 1.54) is 6.92 Å². The van der Waals surface area contributed by atoms with Gasteiger partial charge >= 0.3 is 6.05 Å². The average molecular weight is 401 g/mol. The molecule has 1 aliphatic rings. The molecule has 1 unspecified atom stereocenters. The van der Waals surface area contributed by atoms with E-state index < -0.39 is 11.5 Å². The lowest BCUT2D eigenvalue weighted by molar-refractivity contribution is -0.0483. The second kappa shape index (κ2) is 6.61. The van der Waals surface area contributed by atoms with Crippen LogP contribution in [0.15, 0.2) is 85.2 Å². The standard InChI is InChI=1S/C25H21F2N3/c1-24(25(26,27)28)21-12-6-5-10-20(21)23-19(11-7-13-22(23)24)18-14-29-30(16-18)15-17-8-3-2-4-9-17/h2-14,16H,15,28H2,1H3. The third kappa shape index (κ3) is 2.70. The molecule has 0 bridgehead atoms. The Hall–Kier alpha value is -3.31. The summed E-state index contributed by atoms with van der Waals surface area (Å²) in [6.07, 6.45) is 3.75. The quantitative estimate of drug-likeness (QED) is 0.463. The van der Waals surface area contributed by atoms with Crippen LogP contribution in [0.3, 0.4) is 0 Å². The van der Waals surface area contributed by atoms with Gasteiger partial charge in [-0.25, -0.2) is 0 Å². The SMILES string of the molecule is CC1(C(N)(F)F)c2ccccc2-c2c(-c3cnn(Cc4ccccc4)c3)cccc21. The molecule has 3 aromatic carbocycles. The summed E-state index contributed by atoms with van der Waals surface area (Å²) in [5, 5.41) is 4.50. The van der Waals surface area contributed by atoms with Crippen LogP contribution >= 0.6 is 0 Å². The summed E-state index contributed by atoms with van der Waals surface area (Å²) in [5.41, 5.74) is 9.46. The molecule has 0 radical (unpaired) electrons. The maximum atomic E-state index is 14.7. The summed E-state index contributed by atoms with van der Waals surface area (Å²) in [7, 11) is 0. The summed E-state index contributed by atoms with van der Waals surface area (Å²) in [6.45, 7) is 2.17. The Labute approximate surface area is 173 Å². The average Bonchev–Trinajstić information content (AvgIpc) is 3.31. The molecule has 3 nitrogen and oxygen atoms in total.